The summed E-state index contributed by atoms with van der Waals surface area (Å²) in [6.45, 7) is 0. The van der Waals surface area contributed by atoms with Crippen LogP contribution in [0.2, 0.25) is 0 Å². The molecule has 3 rings (SSSR count). The van der Waals surface area contributed by atoms with E-state index in [9.17, 15) is 4.79 Å². The van der Waals surface area contributed by atoms with Gasteiger partial charge in [-0.2, -0.15) is 0 Å². The second-order valence-electron chi connectivity index (χ2n) is 3.65. The van der Waals surface area contributed by atoms with Gasteiger partial charge in [-0.05, 0) is 24.3 Å². The van der Waals surface area contributed by atoms with Crippen molar-refractivity contribution in [2.45, 2.75) is 0 Å². The Bertz CT molecular complexity index is 673. The SMILES string of the molecule is O=Cc1cccn2cc(-c3ccccn3)nc12. The molecule has 3 aromatic rings. The van der Waals surface area contributed by atoms with Gasteiger partial charge in [0.1, 0.15) is 11.3 Å². The summed E-state index contributed by atoms with van der Waals surface area (Å²) < 4.78 is 1.83. The molecule has 0 saturated heterocycles. The maximum Gasteiger partial charge on any atom is 0.153 e. The summed E-state index contributed by atoms with van der Waals surface area (Å²) in [6, 6.07) is 9.23. The number of fused-ring (bicyclic) bond motifs is 1. The molecule has 0 N–H and O–H groups in total. The van der Waals surface area contributed by atoms with Crippen LogP contribution in [0.3, 0.4) is 0 Å². The Balaban J connectivity index is 2.24. The standard InChI is InChI=1S/C13H9N3O/c17-9-10-4-3-7-16-8-12(15-13(10)16)11-5-1-2-6-14-11/h1-9H. The Morgan fingerprint density at radius 2 is 2.06 bits per heavy atom. The van der Waals surface area contributed by atoms with Crippen LogP contribution in [0.4, 0.5) is 0 Å². The molecule has 82 valence electrons. The van der Waals surface area contributed by atoms with Crippen molar-refractivity contribution in [3.63, 3.8) is 0 Å². The van der Waals surface area contributed by atoms with Crippen molar-refractivity contribution < 1.29 is 4.79 Å². The lowest BCUT2D eigenvalue weighted by atomic mass is 10.3. The molecule has 0 aliphatic carbocycles. The fourth-order valence-corrected chi connectivity index (χ4v) is 1.76. The minimum absolute atomic E-state index is 0.578. The number of rotatable bonds is 2. The first-order chi connectivity index (χ1) is 8.38. The molecule has 0 atom stereocenters. The Morgan fingerprint density at radius 1 is 1.12 bits per heavy atom. The number of hydrogen-bond acceptors (Lipinski definition) is 3. The molecule has 4 nitrogen and oxygen atoms in total. The van der Waals surface area contributed by atoms with Crippen molar-refractivity contribution in [2.24, 2.45) is 0 Å². The monoisotopic (exact) mass is 223 g/mol. The number of hydrogen-bond donors (Lipinski definition) is 0. The zero-order chi connectivity index (χ0) is 11.7. The Labute approximate surface area is 97.6 Å². The molecule has 0 bridgehead atoms. The van der Waals surface area contributed by atoms with Gasteiger partial charge in [0.15, 0.2) is 6.29 Å². The zero-order valence-electron chi connectivity index (χ0n) is 8.95. The van der Waals surface area contributed by atoms with Crippen LogP contribution in [0.5, 0.6) is 0 Å². The lowest BCUT2D eigenvalue weighted by Gasteiger charge is -1.93. The van der Waals surface area contributed by atoms with Gasteiger partial charge >= 0.3 is 0 Å². The van der Waals surface area contributed by atoms with E-state index in [4.69, 9.17) is 0 Å². The number of aldehydes is 1. The maximum atomic E-state index is 10.9. The highest BCUT2D eigenvalue weighted by Crippen LogP contribution is 2.17. The molecule has 0 aliphatic heterocycles. The van der Waals surface area contributed by atoms with Crippen LogP contribution in [-0.2, 0) is 0 Å². The molecule has 3 heterocycles. The van der Waals surface area contributed by atoms with Gasteiger partial charge < -0.3 is 4.40 Å². The highest BCUT2D eigenvalue weighted by molar-refractivity contribution is 5.84. The van der Waals surface area contributed by atoms with Crippen LogP contribution in [0, 0.1) is 0 Å². The fraction of sp³-hybridized carbons (Fsp3) is 0. The van der Waals surface area contributed by atoms with E-state index in [0.29, 0.717) is 11.2 Å². The molecule has 0 aliphatic rings. The normalized spacial score (nSPS) is 10.6. The first kappa shape index (κ1) is 9.72. The van der Waals surface area contributed by atoms with Gasteiger partial charge in [0, 0.05) is 18.6 Å². The van der Waals surface area contributed by atoms with Crippen LogP contribution in [-0.4, -0.2) is 20.7 Å². The predicted molar refractivity (Wildman–Crippen MR) is 63.8 cm³/mol. The van der Waals surface area contributed by atoms with Gasteiger partial charge in [-0.1, -0.05) is 6.07 Å². The summed E-state index contributed by atoms with van der Waals surface area (Å²) in [5, 5.41) is 0. The molecule has 0 unspecified atom stereocenters. The summed E-state index contributed by atoms with van der Waals surface area (Å²) in [6.07, 6.45) is 6.26. The molecule has 17 heavy (non-hydrogen) atoms. The van der Waals surface area contributed by atoms with Gasteiger partial charge in [-0.3, -0.25) is 9.78 Å². The predicted octanol–water partition coefficient (Wildman–Crippen LogP) is 2.21. The Kier molecular flexibility index (Phi) is 2.19. The van der Waals surface area contributed by atoms with Crippen LogP contribution < -0.4 is 0 Å². The lowest BCUT2D eigenvalue weighted by Crippen LogP contribution is -1.88. The number of carbonyl (C=O) groups excluding carboxylic acids is 1. The van der Waals surface area contributed by atoms with E-state index in [-0.39, 0.29) is 0 Å². The highest BCUT2D eigenvalue weighted by Gasteiger charge is 2.07. The van der Waals surface area contributed by atoms with Gasteiger partial charge in [0.05, 0.1) is 11.3 Å². The molecule has 0 amide bonds. The van der Waals surface area contributed by atoms with Crippen molar-refractivity contribution in [3.05, 3.63) is 54.5 Å². The molecule has 4 heteroatoms. The van der Waals surface area contributed by atoms with Crippen molar-refractivity contribution in [1.29, 1.82) is 0 Å². The summed E-state index contributed by atoms with van der Waals surface area (Å²) in [7, 11) is 0. The van der Waals surface area contributed by atoms with Crippen LogP contribution in [0.15, 0.2) is 48.9 Å². The number of nitrogens with zero attached hydrogens (tertiary/aromatic N) is 3. The smallest absolute Gasteiger partial charge is 0.153 e. The van der Waals surface area contributed by atoms with Crippen molar-refractivity contribution in [1.82, 2.24) is 14.4 Å². The summed E-state index contributed by atoms with van der Waals surface area (Å²) in [4.78, 5) is 19.6. The number of aromatic nitrogens is 3. The van der Waals surface area contributed by atoms with E-state index >= 15 is 0 Å². The molecular weight excluding hydrogens is 214 g/mol. The summed E-state index contributed by atoms with van der Waals surface area (Å²) in [5.41, 5.74) is 2.80. The molecule has 0 aromatic carbocycles. The molecule has 3 aromatic heterocycles. The minimum Gasteiger partial charge on any atom is -0.306 e. The zero-order valence-corrected chi connectivity index (χ0v) is 8.95. The first-order valence-corrected chi connectivity index (χ1v) is 5.23. The molecule has 0 fully saturated rings. The van der Waals surface area contributed by atoms with Crippen molar-refractivity contribution >= 4 is 11.9 Å². The third-order valence-electron chi connectivity index (χ3n) is 2.57. The van der Waals surface area contributed by atoms with Gasteiger partial charge in [0.2, 0.25) is 0 Å². The molecular formula is C13H9N3O. The van der Waals surface area contributed by atoms with E-state index in [1.54, 1.807) is 12.3 Å². The average molecular weight is 223 g/mol. The second kappa shape index (κ2) is 3.83. The number of imidazole rings is 1. The van der Waals surface area contributed by atoms with Crippen LogP contribution in [0.25, 0.3) is 17.0 Å². The van der Waals surface area contributed by atoms with Gasteiger partial charge in [-0.15, -0.1) is 0 Å². The lowest BCUT2D eigenvalue weighted by molar-refractivity contribution is 0.112. The number of carbonyl (C=O) groups is 1. The quantitative estimate of drug-likeness (QED) is 0.626. The van der Waals surface area contributed by atoms with Gasteiger partial charge in [-0.25, -0.2) is 4.98 Å². The third-order valence-corrected chi connectivity index (χ3v) is 2.57. The minimum atomic E-state index is 0.578. The van der Waals surface area contributed by atoms with Crippen molar-refractivity contribution in [3.8, 4) is 11.4 Å². The molecule has 0 spiro atoms. The van der Waals surface area contributed by atoms with E-state index in [2.05, 4.69) is 9.97 Å². The van der Waals surface area contributed by atoms with E-state index in [1.165, 1.54) is 0 Å². The third kappa shape index (κ3) is 1.59. The van der Waals surface area contributed by atoms with Crippen molar-refractivity contribution in [2.75, 3.05) is 0 Å². The van der Waals surface area contributed by atoms with E-state index in [1.807, 2.05) is 41.1 Å². The largest absolute Gasteiger partial charge is 0.306 e. The molecule has 0 radical (unpaired) electrons. The van der Waals surface area contributed by atoms with Crippen LogP contribution >= 0.6 is 0 Å². The first-order valence-electron chi connectivity index (χ1n) is 5.23. The summed E-state index contributed by atoms with van der Waals surface area (Å²) >= 11 is 0. The average Bonchev–Trinajstić information content (AvgIpc) is 2.83. The molecule has 0 saturated carbocycles. The highest BCUT2D eigenvalue weighted by atomic mass is 16.1. The second-order valence-corrected chi connectivity index (χ2v) is 3.65. The van der Waals surface area contributed by atoms with Gasteiger partial charge in [0.25, 0.3) is 0 Å². The topological polar surface area (TPSA) is 47.3 Å². The Morgan fingerprint density at radius 3 is 2.82 bits per heavy atom. The van der Waals surface area contributed by atoms with Crippen LogP contribution in [0.1, 0.15) is 10.4 Å². The Hall–Kier alpha value is -2.49. The number of pyridine rings is 2. The maximum absolute atomic E-state index is 10.9. The van der Waals surface area contributed by atoms with E-state index < -0.39 is 0 Å². The summed E-state index contributed by atoms with van der Waals surface area (Å²) in [5.74, 6) is 0. The fourth-order valence-electron chi connectivity index (χ4n) is 1.76. The van der Waals surface area contributed by atoms with E-state index in [0.717, 1.165) is 17.7 Å².